The third-order valence-corrected chi connectivity index (χ3v) is 5.39. The fourth-order valence-corrected chi connectivity index (χ4v) is 3.10. The zero-order chi connectivity index (χ0) is 21.1. The van der Waals surface area contributed by atoms with Crippen molar-refractivity contribution in [1.82, 2.24) is 9.97 Å². The standard InChI is InChI=1S/C25H36N2O2/c1-5-7-8-9-10-22-16-26-24(27-17-22)23-13-11-21(12-14-23)15-20(4)25(28)29-18-19(3)6-2/h11-14,16-17,19-20H,5-10,15,18H2,1-4H3. The summed E-state index contributed by atoms with van der Waals surface area (Å²) < 4.78 is 5.42. The van der Waals surface area contributed by atoms with Crippen LogP contribution in [0.3, 0.4) is 0 Å². The van der Waals surface area contributed by atoms with Gasteiger partial charge in [0.1, 0.15) is 0 Å². The summed E-state index contributed by atoms with van der Waals surface area (Å²) in [4.78, 5) is 21.2. The lowest BCUT2D eigenvalue weighted by Crippen LogP contribution is -2.19. The van der Waals surface area contributed by atoms with Crippen molar-refractivity contribution in [2.45, 2.75) is 72.6 Å². The Kier molecular flexibility index (Phi) is 9.82. The number of aryl methyl sites for hydroxylation is 1. The summed E-state index contributed by atoms with van der Waals surface area (Å²) in [5.74, 6) is 0.892. The van der Waals surface area contributed by atoms with E-state index >= 15 is 0 Å². The molecule has 4 nitrogen and oxygen atoms in total. The molecule has 1 aromatic heterocycles. The van der Waals surface area contributed by atoms with Crippen molar-refractivity contribution < 1.29 is 9.53 Å². The Morgan fingerprint density at radius 3 is 2.28 bits per heavy atom. The first-order chi connectivity index (χ1) is 14.0. The van der Waals surface area contributed by atoms with E-state index in [9.17, 15) is 4.79 Å². The van der Waals surface area contributed by atoms with Crippen LogP contribution in [0.4, 0.5) is 0 Å². The number of hydrogen-bond acceptors (Lipinski definition) is 4. The van der Waals surface area contributed by atoms with Crippen LogP contribution in [0.2, 0.25) is 0 Å². The Morgan fingerprint density at radius 2 is 1.66 bits per heavy atom. The molecular weight excluding hydrogens is 360 g/mol. The molecule has 0 spiro atoms. The quantitative estimate of drug-likeness (QED) is 0.324. The van der Waals surface area contributed by atoms with Gasteiger partial charge in [0, 0.05) is 18.0 Å². The number of benzene rings is 1. The summed E-state index contributed by atoms with van der Waals surface area (Å²) >= 11 is 0. The molecule has 2 rings (SSSR count). The van der Waals surface area contributed by atoms with Gasteiger partial charge in [0.25, 0.3) is 0 Å². The Balaban J connectivity index is 1.87. The van der Waals surface area contributed by atoms with Gasteiger partial charge in [-0.15, -0.1) is 0 Å². The van der Waals surface area contributed by atoms with Crippen molar-refractivity contribution in [3.05, 3.63) is 47.8 Å². The van der Waals surface area contributed by atoms with Crippen LogP contribution in [-0.2, 0) is 22.4 Å². The van der Waals surface area contributed by atoms with Gasteiger partial charge in [-0.05, 0) is 36.3 Å². The van der Waals surface area contributed by atoms with E-state index in [1.165, 1.54) is 31.2 Å². The van der Waals surface area contributed by atoms with Gasteiger partial charge in [-0.2, -0.15) is 0 Å². The number of carbonyl (C=O) groups is 1. The number of hydrogen-bond donors (Lipinski definition) is 0. The predicted octanol–water partition coefficient (Wildman–Crippen LogP) is 6.03. The van der Waals surface area contributed by atoms with Gasteiger partial charge in [-0.1, -0.05) is 77.6 Å². The summed E-state index contributed by atoms with van der Waals surface area (Å²) in [6, 6.07) is 8.16. The molecule has 0 N–H and O–H groups in total. The summed E-state index contributed by atoms with van der Waals surface area (Å²) in [7, 11) is 0. The van der Waals surface area contributed by atoms with E-state index in [1.807, 2.05) is 31.5 Å². The second-order valence-electron chi connectivity index (χ2n) is 8.17. The maximum absolute atomic E-state index is 12.2. The third kappa shape index (κ3) is 7.96. The van der Waals surface area contributed by atoms with Gasteiger partial charge in [-0.25, -0.2) is 9.97 Å². The first-order valence-electron chi connectivity index (χ1n) is 11.1. The summed E-state index contributed by atoms with van der Waals surface area (Å²) in [6.07, 6.45) is 11.6. The van der Waals surface area contributed by atoms with Gasteiger partial charge >= 0.3 is 5.97 Å². The Labute approximate surface area is 176 Å². The lowest BCUT2D eigenvalue weighted by Gasteiger charge is -2.14. The molecule has 0 radical (unpaired) electrons. The average molecular weight is 397 g/mol. The van der Waals surface area contributed by atoms with E-state index in [4.69, 9.17) is 4.74 Å². The van der Waals surface area contributed by atoms with Crippen LogP contribution in [-0.4, -0.2) is 22.5 Å². The third-order valence-electron chi connectivity index (χ3n) is 5.39. The molecule has 2 aromatic rings. The first-order valence-corrected chi connectivity index (χ1v) is 11.1. The maximum Gasteiger partial charge on any atom is 0.308 e. The largest absolute Gasteiger partial charge is 0.465 e. The summed E-state index contributed by atoms with van der Waals surface area (Å²) in [5.41, 5.74) is 3.32. The second-order valence-corrected chi connectivity index (χ2v) is 8.17. The molecule has 2 atom stereocenters. The molecule has 0 aliphatic heterocycles. The molecule has 0 fully saturated rings. The van der Waals surface area contributed by atoms with Crippen molar-refractivity contribution in [3.8, 4) is 11.4 Å². The Morgan fingerprint density at radius 1 is 0.966 bits per heavy atom. The molecule has 4 heteroatoms. The molecule has 0 bridgehead atoms. The number of ether oxygens (including phenoxy) is 1. The lowest BCUT2D eigenvalue weighted by molar-refractivity contribution is -0.149. The van der Waals surface area contributed by atoms with Crippen LogP contribution in [0, 0.1) is 11.8 Å². The topological polar surface area (TPSA) is 52.1 Å². The SMILES string of the molecule is CCCCCCc1cnc(-c2ccc(CC(C)C(=O)OCC(C)CC)cc2)nc1. The minimum Gasteiger partial charge on any atom is -0.465 e. The van der Waals surface area contributed by atoms with Gasteiger partial charge < -0.3 is 4.74 Å². The van der Waals surface area contributed by atoms with Crippen LogP contribution < -0.4 is 0 Å². The summed E-state index contributed by atoms with van der Waals surface area (Å²) in [6.45, 7) is 8.86. The highest BCUT2D eigenvalue weighted by atomic mass is 16.5. The van der Waals surface area contributed by atoms with Crippen LogP contribution in [0.15, 0.2) is 36.7 Å². The highest BCUT2D eigenvalue weighted by Gasteiger charge is 2.16. The first kappa shape index (κ1) is 23.1. The lowest BCUT2D eigenvalue weighted by atomic mass is 10.00. The van der Waals surface area contributed by atoms with Crippen LogP contribution in [0.25, 0.3) is 11.4 Å². The van der Waals surface area contributed by atoms with E-state index in [0.717, 1.165) is 29.8 Å². The van der Waals surface area contributed by atoms with E-state index in [1.54, 1.807) is 0 Å². The Hall–Kier alpha value is -2.23. The Bertz CT molecular complexity index is 725. The average Bonchev–Trinajstić information content (AvgIpc) is 2.75. The number of rotatable bonds is 12. The van der Waals surface area contributed by atoms with Crippen LogP contribution >= 0.6 is 0 Å². The van der Waals surface area contributed by atoms with Crippen molar-refractivity contribution in [3.63, 3.8) is 0 Å². The van der Waals surface area contributed by atoms with Gasteiger partial charge in [0.05, 0.1) is 12.5 Å². The zero-order valence-corrected chi connectivity index (χ0v) is 18.5. The molecule has 0 saturated carbocycles. The van der Waals surface area contributed by atoms with E-state index in [-0.39, 0.29) is 11.9 Å². The molecule has 0 aliphatic rings. The van der Waals surface area contributed by atoms with E-state index in [0.29, 0.717) is 18.9 Å². The predicted molar refractivity (Wildman–Crippen MR) is 119 cm³/mol. The number of carbonyl (C=O) groups excluding carboxylic acids is 1. The molecule has 2 unspecified atom stereocenters. The molecule has 0 saturated heterocycles. The van der Waals surface area contributed by atoms with Crippen molar-refractivity contribution in [1.29, 1.82) is 0 Å². The van der Waals surface area contributed by atoms with Gasteiger partial charge in [0.2, 0.25) is 0 Å². The molecule has 29 heavy (non-hydrogen) atoms. The van der Waals surface area contributed by atoms with Crippen molar-refractivity contribution in [2.24, 2.45) is 11.8 Å². The fraction of sp³-hybridized carbons (Fsp3) is 0.560. The monoisotopic (exact) mass is 396 g/mol. The number of unbranched alkanes of at least 4 members (excludes halogenated alkanes) is 3. The summed E-state index contributed by atoms with van der Waals surface area (Å²) in [5, 5.41) is 0. The fourth-order valence-electron chi connectivity index (χ4n) is 3.10. The van der Waals surface area contributed by atoms with Gasteiger partial charge in [0.15, 0.2) is 5.82 Å². The molecule has 158 valence electrons. The molecule has 0 amide bonds. The smallest absolute Gasteiger partial charge is 0.308 e. The van der Waals surface area contributed by atoms with Crippen LogP contribution in [0.1, 0.15) is 70.9 Å². The van der Waals surface area contributed by atoms with Crippen molar-refractivity contribution >= 4 is 5.97 Å². The number of nitrogens with zero attached hydrogens (tertiary/aromatic N) is 2. The minimum absolute atomic E-state index is 0.118. The minimum atomic E-state index is -0.145. The van der Waals surface area contributed by atoms with E-state index < -0.39 is 0 Å². The zero-order valence-electron chi connectivity index (χ0n) is 18.5. The van der Waals surface area contributed by atoms with E-state index in [2.05, 4.69) is 42.9 Å². The second kappa shape index (κ2) is 12.4. The highest BCUT2D eigenvalue weighted by molar-refractivity contribution is 5.72. The van der Waals surface area contributed by atoms with Gasteiger partial charge in [-0.3, -0.25) is 4.79 Å². The molecule has 1 heterocycles. The number of esters is 1. The molecule has 0 aliphatic carbocycles. The maximum atomic E-state index is 12.2. The highest BCUT2D eigenvalue weighted by Crippen LogP contribution is 2.18. The van der Waals surface area contributed by atoms with Crippen molar-refractivity contribution in [2.75, 3.05) is 6.61 Å². The number of aromatic nitrogens is 2. The molecular formula is C25H36N2O2. The molecule has 1 aromatic carbocycles. The van der Waals surface area contributed by atoms with Crippen LogP contribution in [0.5, 0.6) is 0 Å². The normalized spacial score (nSPS) is 13.1.